The number of ether oxygens (including phenoxy) is 1. The number of pyridine rings is 1. The van der Waals surface area contributed by atoms with Crippen LogP contribution in [0.2, 0.25) is 0 Å². The van der Waals surface area contributed by atoms with Gasteiger partial charge in [0.2, 0.25) is 0 Å². The van der Waals surface area contributed by atoms with Gasteiger partial charge in [-0.25, -0.2) is 4.98 Å². The van der Waals surface area contributed by atoms with E-state index in [1.165, 1.54) is 19.4 Å². The van der Waals surface area contributed by atoms with Crippen molar-refractivity contribution in [3.05, 3.63) is 39.4 Å². The number of nitrogen functional groups attached to an aromatic ring is 1. The molecule has 0 bridgehead atoms. The van der Waals surface area contributed by atoms with Crippen LogP contribution in [0.3, 0.4) is 0 Å². The first-order valence-corrected chi connectivity index (χ1v) is 8.68. The number of rotatable bonds is 4. The molecular formula is C12H11Br2N3O3S. The molecule has 3 N–H and O–H groups in total. The minimum atomic E-state index is -3.89. The Morgan fingerprint density at radius 1 is 1.29 bits per heavy atom. The summed E-state index contributed by atoms with van der Waals surface area (Å²) in [5.74, 6) is 0.491. The Morgan fingerprint density at radius 2 is 2.00 bits per heavy atom. The molecule has 0 saturated heterocycles. The third-order valence-electron chi connectivity index (χ3n) is 2.54. The summed E-state index contributed by atoms with van der Waals surface area (Å²) >= 11 is 6.60. The second kappa shape index (κ2) is 6.20. The summed E-state index contributed by atoms with van der Waals surface area (Å²) in [7, 11) is -2.40. The number of nitrogens with zero attached hydrogens (tertiary/aromatic N) is 1. The summed E-state index contributed by atoms with van der Waals surface area (Å²) < 4.78 is 33.5. The average molecular weight is 437 g/mol. The summed E-state index contributed by atoms with van der Waals surface area (Å²) in [5.41, 5.74) is 6.05. The van der Waals surface area contributed by atoms with Gasteiger partial charge in [-0.15, -0.1) is 0 Å². The van der Waals surface area contributed by atoms with E-state index < -0.39 is 10.0 Å². The highest BCUT2D eigenvalue weighted by Crippen LogP contribution is 2.35. The number of hydrogen-bond donors (Lipinski definition) is 2. The molecule has 21 heavy (non-hydrogen) atoms. The molecule has 2 aromatic rings. The molecular weight excluding hydrogens is 426 g/mol. The van der Waals surface area contributed by atoms with Crippen molar-refractivity contribution in [3.8, 4) is 5.75 Å². The normalized spacial score (nSPS) is 11.2. The lowest BCUT2D eigenvalue weighted by atomic mass is 10.3. The Kier molecular flexibility index (Phi) is 4.74. The van der Waals surface area contributed by atoms with Crippen LogP contribution in [0.15, 0.2) is 44.4 Å². The standard InChI is InChI=1S/C12H11Br2N3O3S/c1-20-11-6-10(7(13)5-8(11)14)17-21(18,19)12-9(15)3-2-4-16-12/h2-6,17H,15H2,1H3. The van der Waals surface area contributed by atoms with E-state index in [1.807, 2.05) is 0 Å². The van der Waals surface area contributed by atoms with Gasteiger partial charge < -0.3 is 10.5 Å². The van der Waals surface area contributed by atoms with Crippen molar-refractivity contribution in [2.24, 2.45) is 0 Å². The van der Waals surface area contributed by atoms with E-state index in [1.54, 1.807) is 18.2 Å². The number of anilines is 2. The molecule has 1 heterocycles. The molecule has 0 radical (unpaired) electrons. The van der Waals surface area contributed by atoms with Crippen molar-refractivity contribution < 1.29 is 13.2 Å². The van der Waals surface area contributed by atoms with Crippen LogP contribution in [0.5, 0.6) is 5.75 Å². The molecule has 9 heteroatoms. The topological polar surface area (TPSA) is 94.3 Å². The molecule has 0 aliphatic heterocycles. The maximum absolute atomic E-state index is 12.3. The molecule has 6 nitrogen and oxygen atoms in total. The lowest BCUT2D eigenvalue weighted by Gasteiger charge is -2.12. The zero-order valence-electron chi connectivity index (χ0n) is 10.8. The van der Waals surface area contributed by atoms with E-state index in [2.05, 4.69) is 41.6 Å². The molecule has 2 rings (SSSR count). The monoisotopic (exact) mass is 435 g/mol. The lowest BCUT2D eigenvalue weighted by molar-refractivity contribution is 0.412. The summed E-state index contributed by atoms with van der Waals surface area (Å²) in [6.07, 6.45) is 1.36. The Bertz CT molecular complexity index is 781. The van der Waals surface area contributed by atoms with Crippen molar-refractivity contribution in [1.29, 1.82) is 0 Å². The van der Waals surface area contributed by atoms with E-state index in [0.29, 0.717) is 20.4 Å². The molecule has 112 valence electrons. The summed E-state index contributed by atoms with van der Waals surface area (Å²) in [6.45, 7) is 0. The Labute approximate surface area is 139 Å². The van der Waals surface area contributed by atoms with Crippen LogP contribution in [0.25, 0.3) is 0 Å². The van der Waals surface area contributed by atoms with Crippen LogP contribution < -0.4 is 15.2 Å². The van der Waals surface area contributed by atoms with Gasteiger partial charge in [0.25, 0.3) is 10.0 Å². The van der Waals surface area contributed by atoms with Gasteiger partial charge in [-0.2, -0.15) is 8.42 Å². The maximum atomic E-state index is 12.3. The van der Waals surface area contributed by atoms with Gasteiger partial charge in [-0.1, -0.05) is 0 Å². The molecule has 1 aromatic carbocycles. The summed E-state index contributed by atoms with van der Waals surface area (Å²) in [6, 6.07) is 6.26. The lowest BCUT2D eigenvalue weighted by Crippen LogP contribution is -2.16. The predicted molar refractivity (Wildman–Crippen MR) is 87.9 cm³/mol. The Morgan fingerprint density at radius 3 is 2.62 bits per heavy atom. The van der Waals surface area contributed by atoms with E-state index in [4.69, 9.17) is 10.5 Å². The number of sulfonamides is 1. The molecule has 0 saturated carbocycles. The number of methoxy groups -OCH3 is 1. The van der Waals surface area contributed by atoms with Gasteiger partial charge in [0, 0.05) is 16.7 Å². The smallest absolute Gasteiger partial charge is 0.281 e. The molecule has 0 unspecified atom stereocenters. The van der Waals surface area contributed by atoms with Crippen LogP contribution in [0, 0.1) is 0 Å². The van der Waals surface area contributed by atoms with Crippen LogP contribution in [0.4, 0.5) is 11.4 Å². The second-order valence-corrected chi connectivity index (χ2v) is 7.28. The molecule has 1 aromatic heterocycles. The minimum absolute atomic E-state index is 0.0743. The van der Waals surface area contributed by atoms with Gasteiger partial charge in [-0.3, -0.25) is 4.72 Å². The van der Waals surface area contributed by atoms with Crippen molar-refractivity contribution in [2.45, 2.75) is 5.03 Å². The largest absolute Gasteiger partial charge is 0.495 e. The zero-order valence-corrected chi connectivity index (χ0v) is 14.8. The van der Waals surface area contributed by atoms with Gasteiger partial charge in [-0.05, 0) is 50.1 Å². The summed E-state index contributed by atoms with van der Waals surface area (Å²) in [5, 5.41) is -0.223. The van der Waals surface area contributed by atoms with Crippen LogP contribution in [0.1, 0.15) is 0 Å². The minimum Gasteiger partial charge on any atom is -0.495 e. The first kappa shape index (κ1) is 16.1. The fraction of sp³-hybridized carbons (Fsp3) is 0.0833. The fourth-order valence-electron chi connectivity index (χ4n) is 1.58. The Balaban J connectivity index is 2.44. The van der Waals surface area contributed by atoms with E-state index in [9.17, 15) is 8.42 Å². The molecule has 0 spiro atoms. The summed E-state index contributed by atoms with van der Waals surface area (Å²) in [4.78, 5) is 3.80. The highest BCUT2D eigenvalue weighted by molar-refractivity contribution is 9.11. The molecule has 0 fully saturated rings. The predicted octanol–water partition coefficient (Wildman–Crippen LogP) is 3.00. The highest BCUT2D eigenvalue weighted by atomic mass is 79.9. The first-order chi connectivity index (χ1) is 9.85. The SMILES string of the molecule is COc1cc(NS(=O)(=O)c2ncccc2N)c(Br)cc1Br. The fourth-order valence-corrected chi connectivity index (χ4v) is 4.10. The number of benzene rings is 1. The van der Waals surface area contributed by atoms with Gasteiger partial charge in [0.1, 0.15) is 5.75 Å². The van der Waals surface area contributed by atoms with Crippen molar-refractivity contribution >= 4 is 53.3 Å². The molecule has 0 amide bonds. The zero-order chi connectivity index (χ0) is 15.6. The maximum Gasteiger partial charge on any atom is 0.281 e. The number of hydrogen-bond acceptors (Lipinski definition) is 5. The first-order valence-electron chi connectivity index (χ1n) is 5.61. The van der Waals surface area contributed by atoms with Gasteiger partial charge in [0.05, 0.1) is 23.0 Å². The van der Waals surface area contributed by atoms with Gasteiger partial charge >= 0.3 is 0 Å². The number of aromatic nitrogens is 1. The quantitative estimate of drug-likeness (QED) is 0.768. The third kappa shape index (κ3) is 3.47. The van der Waals surface area contributed by atoms with Crippen LogP contribution in [-0.4, -0.2) is 20.5 Å². The molecule has 0 aliphatic rings. The van der Waals surface area contributed by atoms with Crippen molar-refractivity contribution in [1.82, 2.24) is 4.98 Å². The highest BCUT2D eigenvalue weighted by Gasteiger charge is 2.21. The second-order valence-electron chi connectivity index (χ2n) is 3.97. The number of halogens is 2. The van der Waals surface area contributed by atoms with Crippen LogP contribution in [-0.2, 0) is 10.0 Å². The van der Waals surface area contributed by atoms with Crippen molar-refractivity contribution in [2.75, 3.05) is 17.6 Å². The Hall–Kier alpha value is -1.32. The molecule has 0 atom stereocenters. The average Bonchev–Trinajstić information content (AvgIpc) is 2.42. The van der Waals surface area contributed by atoms with Gasteiger partial charge in [0.15, 0.2) is 5.03 Å². The number of nitrogens with one attached hydrogen (secondary N) is 1. The van der Waals surface area contributed by atoms with E-state index in [-0.39, 0.29) is 10.7 Å². The van der Waals surface area contributed by atoms with Crippen molar-refractivity contribution in [3.63, 3.8) is 0 Å². The van der Waals surface area contributed by atoms with E-state index >= 15 is 0 Å². The van der Waals surface area contributed by atoms with Crippen LogP contribution >= 0.6 is 31.9 Å². The third-order valence-corrected chi connectivity index (χ3v) is 5.16. The number of nitrogens with two attached hydrogens (primary N) is 1. The van der Waals surface area contributed by atoms with E-state index in [0.717, 1.165) is 0 Å². The molecule has 0 aliphatic carbocycles.